The first-order valence-corrected chi connectivity index (χ1v) is 9.49. The first-order chi connectivity index (χ1) is 14.1. The second-order valence-corrected chi connectivity index (χ2v) is 6.64. The van der Waals surface area contributed by atoms with Gasteiger partial charge in [0.15, 0.2) is 0 Å². The van der Waals surface area contributed by atoms with Gasteiger partial charge >= 0.3 is 0 Å². The van der Waals surface area contributed by atoms with E-state index < -0.39 is 0 Å². The first kappa shape index (κ1) is 20.1. The van der Waals surface area contributed by atoms with Crippen molar-refractivity contribution in [3.8, 4) is 0 Å². The lowest BCUT2D eigenvalue weighted by Crippen LogP contribution is -2.28. The molecule has 148 valence electrons. The average molecular weight is 388 g/mol. The van der Waals surface area contributed by atoms with Crippen LogP contribution in [0.3, 0.4) is 0 Å². The number of benzene rings is 2. The fourth-order valence-corrected chi connectivity index (χ4v) is 2.87. The predicted molar refractivity (Wildman–Crippen MR) is 115 cm³/mol. The van der Waals surface area contributed by atoms with E-state index in [9.17, 15) is 9.59 Å². The minimum absolute atomic E-state index is 0.162. The Labute approximate surface area is 170 Å². The van der Waals surface area contributed by atoms with Crippen molar-refractivity contribution in [3.05, 3.63) is 90.3 Å². The quantitative estimate of drug-likeness (QED) is 0.579. The third-order valence-electron chi connectivity index (χ3n) is 4.46. The standard InChI is InChI=1S/C23H24N4O2/c1-27(21-11-3-2-4-12-21)15-7-14-25-22(28)18-8-5-10-20(16-18)26-23(29)19-9-6-13-24-17-19/h2-6,8-13,16-17H,7,14-15H2,1H3,(H,25,28)(H,26,29). The van der Waals surface area contributed by atoms with Gasteiger partial charge in [-0.2, -0.15) is 0 Å². The fraction of sp³-hybridized carbons (Fsp3) is 0.174. The molecule has 0 saturated heterocycles. The second kappa shape index (κ2) is 10.0. The molecule has 0 spiro atoms. The summed E-state index contributed by atoms with van der Waals surface area (Å²) in [6, 6.07) is 20.4. The van der Waals surface area contributed by atoms with Crippen molar-refractivity contribution in [1.82, 2.24) is 10.3 Å². The van der Waals surface area contributed by atoms with E-state index in [-0.39, 0.29) is 11.8 Å². The minimum Gasteiger partial charge on any atom is -0.375 e. The van der Waals surface area contributed by atoms with Crippen molar-refractivity contribution in [2.45, 2.75) is 6.42 Å². The highest BCUT2D eigenvalue weighted by atomic mass is 16.2. The van der Waals surface area contributed by atoms with E-state index in [2.05, 4.69) is 32.7 Å². The maximum atomic E-state index is 12.4. The van der Waals surface area contributed by atoms with E-state index in [1.54, 1.807) is 42.6 Å². The van der Waals surface area contributed by atoms with Crippen LogP contribution >= 0.6 is 0 Å². The number of nitrogens with one attached hydrogen (secondary N) is 2. The van der Waals surface area contributed by atoms with E-state index >= 15 is 0 Å². The van der Waals surface area contributed by atoms with Crippen molar-refractivity contribution in [1.29, 1.82) is 0 Å². The number of carbonyl (C=O) groups is 2. The van der Waals surface area contributed by atoms with Crippen LogP contribution in [-0.4, -0.2) is 36.9 Å². The molecule has 0 fully saturated rings. The van der Waals surface area contributed by atoms with Crippen LogP contribution in [0.25, 0.3) is 0 Å². The smallest absolute Gasteiger partial charge is 0.257 e. The molecule has 2 aromatic carbocycles. The molecule has 0 atom stereocenters. The Kier molecular flexibility index (Phi) is 6.95. The van der Waals surface area contributed by atoms with Gasteiger partial charge in [-0.05, 0) is 48.9 Å². The number of carbonyl (C=O) groups excluding carboxylic acids is 2. The highest BCUT2D eigenvalue weighted by Crippen LogP contribution is 2.13. The summed E-state index contributed by atoms with van der Waals surface area (Å²) in [5.74, 6) is -0.426. The molecule has 0 saturated carbocycles. The van der Waals surface area contributed by atoms with E-state index in [1.807, 2.05) is 25.2 Å². The fourth-order valence-electron chi connectivity index (χ4n) is 2.87. The number of aromatic nitrogens is 1. The summed E-state index contributed by atoms with van der Waals surface area (Å²) in [6.45, 7) is 1.41. The van der Waals surface area contributed by atoms with E-state index in [0.29, 0.717) is 23.4 Å². The van der Waals surface area contributed by atoms with Gasteiger partial charge in [-0.3, -0.25) is 14.6 Å². The monoisotopic (exact) mass is 388 g/mol. The van der Waals surface area contributed by atoms with Crippen molar-refractivity contribution in [3.63, 3.8) is 0 Å². The lowest BCUT2D eigenvalue weighted by Gasteiger charge is -2.19. The summed E-state index contributed by atoms with van der Waals surface area (Å²) in [5.41, 5.74) is 2.68. The van der Waals surface area contributed by atoms with E-state index in [0.717, 1.165) is 18.7 Å². The minimum atomic E-state index is -0.264. The topological polar surface area (TPSA) is 74.3 Å². The lowest BCUT2D eigenvalue weighted by atomic mass is 10.1. The Balaban J connectivity index is 1.48. The number of amides is 2. The van der Waals surface area contributed by atoms with Crippen molar-refractivity contribution < 1.29 is 9.59 Å². The Hall–Kier alpha value is -3.67. The lowest BCUT2D eigenvalue weighted by molar-refractivity contribution is 0.0952. The summed E-state index contributed by atoms with van der Waals surface area (Å²) in [7, 11) is 2.03. The molecule has 0 unspecified atom stereocenters. The maximum absolute atomic E-state index is 12.4. The van der Waals surface area contributed by atoms with Crippen LogP contribution in [0.4, 0.5) is 11.4 Å². The normalized spacial score (nSPS) is 10.2. The van der Waals surface area contributed by atoms with Gasteiger partial charge in [0.1, 0.15) is 0 Å². The summed E-state index contributed by atoms with van der Waals surface area (Å²) in [6.07, 6.45) is 3.94. The summed E-state index contributed by atoms with van der Waals surface area (Å²) in [4.78, 5) is 30.7. The molecule has 3 rings (SSSR count). The van der Waals surface area contributed by atoms with E-state index in [4.69, 9.17) is 0 Å². The van der Waals surface area contributed by atoms with Crippen LogP contribution in [0, 0.1) is 0 Å². The largest absolute Gasteiger partial charge is 0.375 e. The molecule has 0 aliphatic rings. The summed E-state index contributed by atoms with van der Waals surface area (Å²) in [5, 5.41) is 5.72. The van der Waals surface area contributed by atoms with Crippen LogP contribution in [-0.2, 0) is 0 Å². The number of para-hydroxylation sites is 1. The van der Waals surface area contributed by atoms with Gasteiger partial charge in [-0.1, -0.05) is 24.3 Å². The molecule has 0 aliphatic heterocycles. The Morgan fingerprint density at radius 2 is 1.72 bits per heavy atom. The molecule has 0 bridgehead atoms. The molecule has 2 amide bonds. The Morgan fingerprint density at radius 3 is 2.48 bits per heavy atom. The Bertz CT molecular complexity index is 945. The number of nitrogens with zero attached hydrogens (tertiary/aromatic N) is 2. The third-order valence-corrected chi connectivity index (χ3v) is 4.46. The highest BCUT2D eigenvalue weighted by molar-refractivity contribution is 6.04. The van der Waals surface area contributed by atoms with Gasteiger partial charge in [0, 0.05) is 49.5 Å². The van der Waals surface area contributed by atoms with Gasteiger partial charge in [-0.15, -0.1) is 0 Å². The molecular weight excluding hydrogens is 364 g/mol. The number of rotatable bonds is 8. The van der Waals surface area contributed by atoms with Crippen LogP contribution in [0.5, 0.6) is 0 Å². The average Bonchev–Trinajstić information content (AvgIpc) is 2.77. The molecule has 1 heterocycles. The van der Waals surface area contributed by atoms with Gasteiger partial charge in [0.2, 0.25) is 0 Å². The molecule has 3 aromatic rings. The molecule has 1 aromatic heterocycles. The first-order valence-electron chi connectivity index (χ1n) is 9.49. The van der Waals surface area contributed by atoms with Crippen LogP contribution in [0.1, 0.15) is 27.1 Å². The maximum Gasteiger partial charge on any atom is 0.257 e. The SMILES string of the molecule is CN(CCCNC(=O)c1cccc(NC(=O)c2cccnc2)c1)c1ccccc1. The van der Waals surface area contributed by atoms with Crippen molar-refractivity contribution in [2.24, 2.45) is 0 Å². The highest BCUT2D eigenvalue weighted by Gasteiger charge is 2.09. The zero-order chi connectivity index (χ0) is 20.5. The number of hydrogen-bond donors (Lipinski definition) is 2. The summed E-state index contributed by atoms with van der Waals surface area (Å²) < 4.78 is 0. The predicted octanol–water partition coefficient (Wildman–Crippen LogP) is 3.59. The molecule has 0 radical (unpaired) electrons. The number of anilines is 2. The van der Waals surface area contributed by atoms with Gasteiger partial charge in [0.25, 0.3) is 11.8 Å². The molecular formula is C23H24N4O2. The van der Waals surface area contributed by atoms with Crippen LogP contribution < -0.4 is 15.5 Å². The van der Waals surface area contributed by atoms with Crippen LogP contribution in [0.15, 0.2) is 79.1 Å². The number of hydrogen-bond acceptors (Lipinski definition) is 4. The molecule has 6 nitrogen and oxygen atoms in total. The molecule has 0 aliphatic carbocycles. The van der Waals surface area contributed by atoms with Gasteiger partial charge in [0.05, 0.1) is 5.56 Å². The zero-order valence-corrected chi connectivity index (χ0v) is 16.3. The second-order valence-electron chi connectivity index (χ2n) is 6.64. The molecule has 29 heavy (non-hydrogen) atoms. The van der Waals surface area contributed by atoms with Crippen molar-refractivity contribution in [2.75, 3.05) is 30.4 Å². The Morgan fingerprint density at radius 1 is 0.931 bits per heavy atom. The molecule has 2 N–H and O–H groups in total. The number of pyridine rings is 1. The molecule has 6 heteroatoms. The van der Waals surface area contributed by atoms with E-state index in [1.165, 1.54) is 6.20 Å². The van der Waals surface area contributed by atoms with Gasteiger partial charge in [-0.25, -0.2) is 0 Å². The summed E-state index contributed by atoms with van der Waals surface area (Å²) >= 11 is 0. The van der Waals surface area contributed by atoms with Crippen molar-refractivity contribution >= 4 is 23.2 Å². The third kappa shape index (κ3) is 5.90. The van der Waals surface area contributed by atoms with Crippen LogP contribution in [0.2, 0.25) is 0 Å². The zero-order valence-electron chi connectivity index (χ0n) is 16.3. The van der Waals surface area contributed by atoms with Gasteiger partial charge < -0.3 is 15.5 Å².